The molecular weight excluding hydrogens is 518 g/mol. The molecule has 1 heterocycles. The van der Waals surface area contributed by atoms with Crippen molar-refractivity contribution in [3.63, 3.8) is 0 Å². The first-order valence-corrected chi connectivity index (χ1v) is 12.2. The number of halogens is 2. The second-order valence-corrected chi connectivity index (χ2v) is 9.69. The Morgan fingerprint density at radius 1 is 0.973 bits per heavy atom. The van der Waals surface area contributed by atoms with Crippen LogP contribution >= 0.6 is 23.6 Å². The number of carboxylic acid groups (broad SMARTS) is 1. The number of benzene rings is 3. The van der Waals surface area contributed by atoms with Crippen LogP contribution in [0, 0.1) is 15.6 Å². The van der Waals surface area contributed by atoms with Crippen molar-refractivity contribution in [1.29, 1.82) is 0 Å². The van der Waals surface area contributed by atoms with Gasteiger partial charge in [-0.05, 0) is 76.9 Å². The van der Waals surface area contributed by atoms with Crippen LogP contribution in [0.15, 0.2) is 73.3 Å². The molecule has 0 fully saturated rings. The minimum Gasteiger partial charge on any atom is -0.493 e. The summed E-state index contributed by atoms with van der Waals surface area (Å²) in [5.41, 5.74) is 2.83. The molecule has 0 saturated carbocycles. The number of hydrogen-bond acceptors (Lipinski definition) is 5. The highest BCUT2D eigenvalue weighted by Crippen LogP contribution is 2.36. The highest BCUT2D eigenvalue weighted by molar-refractivity contribution is 7.73. The van der Waals surface area contributed by atoms with Crippen LogP contribution < -0.4 is 5.32 Å². The zero-order valence-electron chi connectivity index (χ0n) is 19.2. The normalized spacial score (nSPS) is 10.8. The molecule has 0 unspecified atom stereocenters. The van der Waals surface area contributed by atoms with E-state index in [1.165, 1.54) is 34.9 Å². The van der Waals surface area contributed by atoms with Crippen LogP contribution in [-0.4, -0.2) is 26.7 Å². The average molecular weight is 539 g/mol. The monoisotopic (exact) mass is 538 g/mol. The molecule has 1 aromatic heterocycles. The van der Waals surface area contributed by atoms with E-state index in [4.69, 9.17) is 17.3 Å². The lowest BCUT2D eigenvalue weighted by Gasteiger charge is -2.10. The first-order chi connectivity index (χ1) is 17.6. The van der Waals surface area contributed by atoms with Gasteiger partial charge in [-0.2, -0.15) is 0 Å². The highest BCUT2D eigenvalue weighted by Gasteiger charge is 2.17. The molecule has 0 spiro atoms. The number of nitrogens with zero attached hydrogens (tertiary/aromatic N) is 1. The van der Waals surface area contributed by atoms with Gasteiger partial charge in [0.1, 0.15) is 0 Å². The smallest absolute Gasteiger partial charge is 0.335 e. The Bertz CT molecular complexity index is 1580. The standard InChI is InChI=1S/C27H20F2N2O4S2/c1-15(17-3-2-4-18(13-17)19-7-10-21(28)22(29)14-19)24-25(33)31(27(36)37-24)12-11-23(32)30-20-8-5-16(6-9-20)26(34)35/h2-10,13-14,33H,1,11-12H2,(H,30,32)(H,34,35). The molecule has 0 aliphatic rings. The summed E-state index contributed by atoms with van der Waals surface area (Å²) >= 11 is 6.54. The van der Waals surface area contributed by atoms with E-state index in [2.05, 4.69) is 11.9 Å². The Kier molecular flexibility index (Phi) is 7.61. The number of carboxylic acids is 1. The van der Waals surface area contributed by atoms with E-state index in [9.17, 15) is 23.5 Å². The van der Waals surface area contributed by atoms with Gasteiger partial charge in [-0.15, -0.1) is 11.3 Å². The third-order valence-electron chi connectivity index (χ3n) is 5.58. The predicted molar refractivity (Wildman–Crippen MR) is 141 cm³/mol. The Hall–Kier alpha value is -4.15. The van der Waals surface area contributed by atoms with Crippen molar-refractivity contribution in [1.82, 2.24) is 4.57 Å². The minimum absolute atomic E-state index is 0.0107. The summed E-state index contributed by atoms with van der Waals surface area (Å²) < 4.78 is 28.8. The number of rotatable bonds is 8. The first kappa shape index (κ1) is 25.9. The van der Waals surface area contributed by atoms with E-state index in [0.29, 0.717) is 36.8 Å². The Morgan fingerprint density at radius 3 is 2.35 bits per heavy atom. The van der Waals surface area contributed by atoms with Gasteiger partial charge in [0.25, 0.3) is 0 Å². The molecule has 6 nitrogen and oxygen atoms in total. The van der Waals surface area contributed by atoms with E-state index in [0.717, 1.165) is 23.5 Å². The molecule has 0 saturated heterocycles. The molecule has 0 radical (unpaired) electrons. The number of amides is 1. The number of anilines is 1. The zero-order chi connectivity index (χ0) is 26.7. The van der Waals surface area contributed by atoms with Crippen LogP contribution in [0.4, 0.5) is 14.5 Å². The van der Waals surface area contributed by atoms with Gasteiger partial charge in [0, 0.05) is 18.7 Å². The summed E-state index contributed by atoms with van der Waals surface area (Å²) in [6.07, 6.45) is 0.0107. The van der Waals surface area contributed by atoms with Gasteiger partial charge in [0.05, 0.1) is 10.4 Å². The molecule has 188 valence electrons. The summed E-state index contributed by atoms with van der Waals surface area (Å²) in [7, 11) is 0. The van der Waals surface area contributed by atoms with Gasteiger partial charge in [-0.25, -0.2) is 13.6 Å². The number of thiazole rings is 1. The van der Waals surface area contributed by atoms with Gasteiger partial charge >= 0.3 is 5.97 Å². The van der Waals surface area contributed by atoms with Crippen molar-refractivity contribution in [2.24, 2.45) is 0 Å². The molecule has 37 heavy (non-hydrogen) atoms. The zero-order valence-corrected chi connectivity index (χ0v) is 20.8. The van der Waals surface area contributed by atoms with Crippen LogP contribution in [0.5, 0.6) is 5.88 Å². The topological polar surface area (TPSA) is 91.6 Å². The lowest BCUT2D eigenvalue weighted by atomic mass is 9.99. The van der Waals surface area contributed by atoms with E-state index in [-0.39, 0.29) is 30.3 Å². The van der Waals surface area contributed by atoms with E-state index in [1.54, 1.807) is 24.3 Å². The average Bonchev–Trinajstić information content (AvgIpc) is 3.17. The Labute approximate surface area is 219 Å². The van der Waals surface area contributed by atoms with Gasteiger partial charge in [0.2, 0.25) is 11.8 Å². The Balaban J connectivity index is 1.48. The molecule has 4 aromatic rings. The molecule has 3 aromatic carbocycles. The minimum atomic E-state index is -1.06. The van der Waals surface area contributed by atoms with E-state index < -0.39 is 17.6 Å². The van der Waals surface area contributed by atoms with Crippen molar-refractivity contribution in [3.05, 3.63) is 105 Å². The largest absolute Gasteiger partial charge is 0.493 e. The van der Waals surface area contributed by atoms with Crippen LogP contribution in [0.3, 0.4) is 0 Å². The number of hydrogen-bond donors (Lipinski definition) is 3. The number of aromatic carboxylic acids is 1. The maximum Gasteiger partial charge on any atom is 0.335 e. The number of carbonyl (C=O) groups excluding carboxylic acids is 1. The fourth-order valence-electron chi connectivity index (χ4n) is 3.62. The van der Waals surface area contributed by atoms with Gasteiger partial charge in [-0.3, -0.25) is 9.36 Å². The third kappa shape index (κ3) is 5.82. The summed E-state index contributed by atoms with van der Waals surface area (Å²) in [6.45, 7) is 4.20. The summed E-state index contributed by atoms with van der Waals surface area (Å²) in [5.74, 6) is -3.41. The number of carbonyl (C=O) groups is 2. The molecule has 3 N–H and O–H groups in total. The fourth-order valence-corrected chi connectivity index (χ4v) is 4.95. The molecule has 10 heteroatoms. The number of aromatic nitrogens is 1. The molecule has 0 atom stereocenters. The van der Waals surface area contributed by atoms with Crippen LogP contribution in [0.2, 0.25) is 0 Å². The van der Waals surface area contributed by atoms with E-state index in [1.807, 2.05) is 0 Å². The first-order valence-electron chi connectivity index (χ1n) is 10.9. The SMILES string of the molecule is C=C(c1cccc(-c2ccc(F)c(F)c2)c1)c1sc(=S)n(CCC(=O)Nc2ccc(C(=O)O)cc2)c1O. The van der Waals surface area contributed by atoms with Crippen molar-refractivity contribution in [2.45, 2.75) is 13.0 Å². The number of nitrogens with one attached hydrogen (secondary N) is 1. The van der Waals surface area contributed by atoms with Crippen molar-refractivity contribution in [2.75, 3.05) is 5.32 Å². The third-order valence-corrected chi connectivity index (χ3v) is 7.08. The van der Waals surface area contributed by atoms with Crippen molar-refractivity contribution < 1.29 is 28.6 Å². The highest BCUT2D eigenvalue weighted by atomic mass is 32.1. The maximum atomic E-state index is 13.7. The maximum absolute atomic E-state index is 13.7. The molecule has 4 rings (SSSR count). The lowest BCUT2D eigenvalue weighted by molar-refractivity contribution is -0.116. The summed E-state index contributed by atoms with van der Waals surface area (Å²) in [4.78, 5) is 23.8. The molecule has 0 aliphatic heterocycles. The number of aromatic hydroxyl groups is 1. The fraction of sp³-hybridized carbons (Fsp3) is 0.0741. The van der Waals surface area contributed by atoms with Crippen LogP contribution in [0.1, 0.15) is 27.2 Å². The van der Waals surface area contributed by atoms with E-state index >= 15 is 0 Å². The second kappa shape index (κ2) is 10.9. The lowest BCUT2D eigenvalue weighted by Crippen LogP contribution is -2.14. The predicted octanol–water partition coefficient (Wildman–Crippen LogP) is 6.72. The Morgan fingerprint density at radius 2 is 1.68 bits per heavy atom. The molecule has 1 amide bonds. The molecule has 0 aliphatic carbocycles. The summed E-state index contributed by atoms with van der Waals surface area (Å²) in [5, 5.41) is 22.5. The van der Waals surface area contributed by atoms with Crippen molar-refractivity contribution in [3.8, 4) is 17.0 Å². The second-order valence-electron chi connectivity index (χ2n) is 8.04. The molecular formula is C27H20F2N2O4S2. The molecule has 0 bridgehead atoms. The summed E-state index contributed by atoms with van der Waals surface area (Å²) in [6, 6.07) is 16.4. The van der Waals surface area contributed by atoms with Crippen LogP contribution in [-0.2, 0) is 11.3 Å². The van der Waals surface area contributed by atoms with Crippen LogP contribution in [0.25, 0.3) is 16.7 Å². The quantitative estimate of drug-likeness (QED) is 0.217. The van der Waals surface area contributed by atoms with Gasteiger partial charge in [0.15, 0.2) is 15.6 Å². The van der Waals surface area contributed by atoms with Gasteiger partial charge < -0.3 is 15.5 Å². The van der Waals surface area contributed by atoms with Gasteiger partial charge in [-0.1, -0.05) is 30.8 Å². The van der Waals surface area contributed by atoms with Crippen molar-refractivity contribution >= 4 is 46.7 Å².